The van der Waals surface area contributed by atoms with Gasteiger partial charge in [-0.2, -0.15) is 0 Å². The molecule has 2 aromatic rings. The molecule has 0 spiro atoms. The summed E-state index contributed by atoms with van der Waals surface area (Å²) in [5, 5.41) is 0.297. The zero-order valence-corrected chi connectivity index (χ0v) is 12.4. The number of benzene rings is 2. The number of para-hydroxylation sites is 1. The first-order chi connectivity index (χ1) is 10.1. The van der Waals surface area contributed by atoms with Crippen LogP contribution in [0, 0.1) is 0 Å². The molecule has 104 valence electrons. The maximum atomic E-state index is 12.4. The highest BCUT2D eigenvalue weighted by Crippen LogP contribution is 2.35. The molecule has 5 heteroatoms. The van der Waals surface area contributed by atoms with Crippen LogP contribution in [0.4, 0.5) is 10.5 Å². The van der Waals surface area contributed by atoms with Gasteiger partial charge in [0.05, 0.1) is 10.6 Å². The zero-order valence-electron chi connectivity index (χ0n) is 10.8. The lowest BCUT2D eigenvalue weighted by molar-refractivity contribution is -0.113. The predicted molar refractivity (Wildman–Crippen MR) is 86.3 cm³/mol. The number of nitrogens with zero attached hydrogens (tertiary/aromatic N) is 1. The monoisotopic (exact) mass is 315 g/mol. The lowest BCUT2D eigenvalue weighted by atomic mass is 10.2. The van der Waals surface area contributed by atoms with E-state index in [1.807, 2.05) is 12.1 Å². The van der Waals surface area contributed by atoms with Crippen LogP contribution in [-0.4, -0.2) is 11.1 Å². The van der Waals surface area contributed by atoms with Crippen LogP contribution in [0.15, 0.2) is 59.5 Å². The second-order valence-corrected chi connectivity index (χ2v) is 5.84. The van der Waals surface area contributed by atoms with Gasteiger partial charge in [-0.15, -0.1) is 0 Å². The largest absolute Gasteiger partial charge is 0.298 e. The van der Waals surface area contributed by atoms with Gasteiger partial charge in [0.2, 0.25) is 0 Å². The van der Waals surface area contributed by atoms with Crippen molar-refractivity contribution in [3.63, 3.8) is 0 Å². The van der Waals surface area contributed by atoms with Crippen molar-refractivity contribution in [2.75, 3.05) is 4.90 Å². The molecule has 1 heterocycles. The van der Waals surface area contributed by atoms with Gasteiger partial charge in [-0.05, 0) is 47.7 Å². The van der Waals surface area contributed by atoms with E-state index < -0.39 is 0 Å². The Bertz CT molecular complexity index is 743. The number of imide groups is 1. The molecule has 21 heavy (non-hydrogen) atoms. The van der Waals surface area contributed by atoms with Crippen LogP contribution in [0.2, 0.25) is 5.02 Å². The molecule has 0 aromatic heterocycles. The number of rotatable bonds is 2. The number of anilines is 1. The highest BCUT2D eigenvalue weighted by atomic mass is 35.5. The van der Waals surface area contributed by atoms with Crippen molar-refractivity contribution in [3.05, 3.63) is 70.1 Å². The van der Waals surface area contributed by atoms with Crippen molar-refractivity contribution in [1.82, 2.24) is 0 Å². The molecule has 0 N–H and O–H groups in total. The third-order valence-corrected chi connectivity index (χ3v) is 4.06. The minimum Gasteiger partial charge on any atom is -0.268 e. The highest BCUT2D eigenvalue weighted by molar-refractivity contribution is 8.19. The fraction of sp³-hybridized carbons (Fsp3) is 0. The lowest BCUT2D eigenvalue weighted by Gasteiger charge is -2.11. The van der Waals surface area contributed by atoms with Crippen molar-refractivity contribution >= 4 is 46.3 Å². The van der Waals surface area contributed by atoms with E-state index in [2.05, 4.69) is 0 Å². The second kappa shape index (κ2) is 5.76. The summed E-state index contributed by atoms with van der Waals surface area (Å²) in [5.41, 5.74) is 1.37. The summed E-state index contributed by atoms with van der Waals surface area (Å²) < 4.78 is 0. The third kappa shape index (κ3) is 2.86. The average molecular weight is 316 g/mol. The van der Waals surface area contributed by atoms with Crippen molar-refractivity contribution in [3.8, 4) is 0 Å². The molecular weight excluding hydrogens is 306 g/mol. The SMILES string of the molecule is O=C1S/C(=C\c2cccc(Cl)c2)C(=O)N1c1ccccc1. The molecule has 0 atom stereocenters. The van der Waals surface area contributed by atoms with Crippen molar-refractivity contribution in [2.24, 2.45) is 0 Å². The van der Waals surface area contributed by atoms with Crippen molar-refractivity contribution in [2.45, 2.75) is 0 Å². The van der Waals surface area contributed by atoms with Gasteiger partial charge in [-0.1, -0.05) is 41.9 Å². The van der Waals surface area contributed by atoms with Crippen LogP contribution in [0.25, 0.3) is 6.08 Å². The number of carbonyl (C=O) groups excluding carboxylic acids is 2. The van der Waals surface area contributed by atoms with Crippen LogP contribution in [-0.2, 0) is 4.79 Å². The minimum atomic E-state index is -0.309. The van der Waals surface area contributed by atoms with Gasteiger partial charge < -0.3 is 0 Å². The smallest absolute Gasteiger partial charge is 0.268 e. The predicted octanol–water partition coefficient (Wildman–Crippen LogP) is 4.58. The molecule has 1 aliphatic heterocycles. The van der Waals surface area contributed by atoms with Crippen LogP contribution in [0.1, 0.15) is 5.56 Å². The number of hydrogen-bond acceptors (Lipinski definition) is 3. The molecule has 0 bridgehead atoms. The quantitative estimate of drug-likeness (QED) is 0.761. The molecule has 1 fully saturated rings. The molecule has 1 saturated heterocycles. The number of hydrogen-bond donors (Lipinski definition) is 0. The highest BCUT2D eigenvalue weighted by Gasteiger charge is 2.36. The Morgan fingerprint density at radius 2 is 1.76 bits per heavy atom. The van der Waals surface area contributed by atoms with Gasteiger partial charge in [-0.3, -0.25) is 9.59 Å². The molecule has 1 aliphatic rings. The van der Waals surface area contributed by atoms with Gasteiger partial charge in [0.25, 0.3) is 11.1 Å². The van der Waals surface area contributed by atoms with E-state index in [1.165, 1.54) is 4.90 Å². The summed E-state index contributed by atoms with van der Waals surface area (Å²) in [6, 6.07) is 16.0. The Kier molecular flexibility index (Phi) is 3.82. The molecule has 0 unspecified atom stereocenters. The van der Waals surface area contributed by atoms with E-state index in [0.29, 0.717) is 15.6 Å². The minimum absolute atomic E-state index is 0.292. The Labute approximate surface area is 131 Å². The summed E-state index contributed by atoms with van der Waals surface area (Å²) in [5.74, 6) is -0.309. The summed E-state index contributed by atoms with van der Waals surface area (Å²) in [6.45, 7) is 0. The maximum absolute atomic E-state index is 12.4. The fourth-order valence-electron chi connectivity index (χ4n) is 2.02. The van der Waals surface area contributed by atoms with E-state index in [4.69, 9.17) is 11.6 Å². The third-order valence-electron chi connectivity index (χ3n) is 2.95. The van der Waals surface area contributed by atoms with Gasteiger partial charge >= 0.3 is 0 Å². The number of halogens is 1. The second-order valence-electron chi connectivity index (χ2n) is 4.41. The average Bonchev–Trinajstić information content (AvgIpc) is 2.74. The van der Waals surface area contributed by atoms with E-state index in [0.717, 1.165) is 17.3 Å². The molecular formula is C16H10ClNO2S. The van der Waals surface area contributed by atoms with E-state index >= 15 is 0 Å². The molecule has 2 aromatic carbocycles. The fourth-order valence-corrected chi connectivity index (χ4v) is 3.06. The summed E-state index contributed by atoms with van der Waals surface area (Å²) in [4.78, 5) is 26.0. The normalized spacial score (nSPS) is 16.8. The van der Waals surface area contributed by atoms with Gasteiger partial charge in [-0.25, -0.2) is 4.90 Å². The first-order valence-corrected chi connectivity index (χ1v) is 7.43. The molecule has 0 aliphatic carbocycles. The Morgan fingerprint density at radius 1 is 1.00 bits per heavy atom. The molecule has 3 rings (SSSR count). The Balaban J connectivity index is 1.94. The lowest BCUT2D eigenvalue weighted by Crippen LogP contribution is -2.27. The first-order valence-electron chi connectivity index (χ1n) is 6.24. The molecule has 0 saturated carbocycles. The van der Waals surface area contributed by atoms with Gasteiger partial charge in [0, 0.05) is 5.02 Å². The standard InChI is InChI=1S/C16H10ClNO2S/c17-12-6-4-5-11(9-12)10-14-15(19)18(16(20)21-14)13-7-2-1-3-8-13/h1-10H/b14-10-. The van der Waals surface area contributed by atoms with Crippen LogP contribution < -0.4 is 4.90 Å². The van der Waals surface area contributed by atoms with Crippen molar-refractivity contribution in [1.29, 1.82) is 0 Å². The van der Waals surface area contributed by atoms with E-state index in [-0.39, 0.29) is 11.1 Å². The summed E-state index contributed by atoms with van der Waals surface area (Å²) in [7, 11) is 0. The first kappa shape index (κ1) is 13.9. The molecule has 2 amide bonds. The van der Waals surface area contributed by atoms with Crippen molar-refractivity contribution < 1.29 is 9.59 Å². The van der Waals surface area contributed by atoms with Crippen LogP contribution in [0.3, 0.4) is 0 Å². The summed E-state index contributed by atoms with van der Waals surface area (Å²) in [6.07, 6.45) is 1.68. The number of amides is 2. The molecule has 0 radical (unpaired) electrons. The molecule has 3 nitrogen and oxygen atoms in total. The Hall–Kier alpha value is -2.04. The zero-order chi connectivity index (χ0) is 14.8. The van der Waals surface area contributed by atoms with Crippen LogP contribution in [0.5, 0.6) is 0 Å². The Morgan fingerprint density at radius 3 is 2.48 bits per heavy atom. The van der Waals surface area contributed by atoms with Gasteiger partial charge in [0.1, 0.15) is 0 Å². The topological polar surface area (TPSA) is 37.4 Å². The van der Waals surface area contributed by atoms with E-state index in [1.54, 1.807) is 48.5 Å². The number of thioether (sulfide) groups is 1. The summed E-state index contributed by atoms with van der Waals surface area (Å²) >= 11 is 6.85. The van der Waals surface area contributed by atoms with Crippen LogP contribution >= 0.6 is 23.4 Å². The number of carbonyl (C=O) groups is 2. The van der Waals surface area contributed by atoms with Gasteiger partial charge in [0.15, 0.2) is 0 Å². The maximum Gasteiger partial charge on any atom is 0.298 e. The van der Waals surface area contributed by atoms with E-state index in [9.17, 15) is 9.59 Å².